The van der Waals surface area contributed by atoms with Gasteiger partial charge in [0, 0.05) is 11.6 Å². The number of likely N-dealkylation sites (N-methyl/N-ethyl adjacent to an activating group) is 1. The van der Waals surface area contributed by atoms with E-state index in [1.807, 2.05) is 13.1 Å². The number of benzene rings is 1. The van der Waals surface area contributed by atoms with Crippen LogP contribution in [0.2, 0.25) is 5.02 Å². The minimum absolute atomic E-state index is 0.586. The molecule has 0 saturated heterocycles. The van der Waals surface area contributed by atoms with E-state index in [1.165, 1.54) is 0 Å². The smallest absolute Gasteiger partial charge is 0.140 e. The maximum Gasteiger partial charge on any atom is 0.140 e. The Balaban J connectivity index is 3.02. The van der Waals surface area contributed by atoms with Gasteiger partial charge in [-0.1, -0.05) is 11.6 Å². The number of halogens is 1. The van der Waals surface area contributed by atoms with E-state index in [0.29, 0.717) is 5.02 Å². The molecule has 4 heteroatoms. The molecule has 0 aromatic heterocycles. The Kier molecular flexibility index (Phi) is 4.72. The van der Waals surface area contributed by atoms with Gasteiger partial charge in [-0.05, 0) is 26.1 Å². The van der Waals surface area contributed by atoms with E-state index in [2.05, 4.69) is 5.32 Å². The molecule has 0 aliphatic heterocycles. The number of rotatable bonds is 5. The predicted molar refractivity (Wildman–Crippen MR) is 62.2 cm³/mol. The predicted octanol–water partition coefficient (Wildman–Crippen LogP) is 2.12. The molecule has 84 valence electrons. The van der Waals surface area contributed by atoms with Crippen LogP contribution in [0.1, 0.15) is 5.56 Å². The van der Waals surface area contributed by atoms with Gasteiger partial charge in [0.1, 0.15) is 11.5 Å². The van der Waals surface area contributed by atoms with E-state index in [1.54, 1.807) is 20.3 Å². The van der Waals surface area contributed by atoms with Gasteiger partial charge < -0.3 is 14.8 Å². The van der Waals surface area contributed by atoms with Gasteiger partial charge in [0.2, 0.25) is 0 Å². The van der Waals surface area contributed by atoms with E-state index in [9.17, 15) is 0 Å². The first-order valence-corrected chi connectivity index (χ1v) is 5.15. The SMILES string of the molecule is CNCCc1cc(OC)cc(Cl)c1OC. The topological polar surface area (TPSA) is 30.5 Å². The third-order valence-electron chi connectivity index (χ3n) is 2.18. The summed E-state index contributed by atoms with van der Waals surface area (Å²) in [4.78, 5) is 0. The summed E-state index contributed by atoms with van der Waals surface area (Å²) >= 11 is 6.07. The van der Waals surface area contributed by atoms with Gasteiger partial charge in [-0.3, -0.25) is 0 Å². The zero-order valence-electron chi connectivity index (χ0n) is 9.26. The Morgan fingerprint density at radius 1 is 1.27 bits per heavy atom. The highest BCUT2D eigenvalue weighted by atomic mass is 35.5. The first-order chi connectivity index (χ1) is 7.22. The summed E-state index contributed by atoms with van der Waals surface area (Å²) in [5, 5.41) is 3.67. The lowest BCUT2D eigenvalue weighted by Crippen LogP contribution is -2.11. The molecule has 0 aliphatic rings. The summed E-state index contributed by atoms with van der Waals surface area (Å²) in [6, 6.07) is 3.70. The van der Waals surface area contributed by atoms with Crippen LogP contribution in [-0.2, 0) is 6.42 Å². The van der Waals surface area contributed by atoms with Crippen molar-refractivity contribution in [3.05, 3.63) is 22.7 Å². The highest BCUT2D eigenvalue weighted by Crippen LogP contribution is 2.33. The van der Waals surface area contributed by atoms with Crippen molar-refractivity contribution in [3.63, 3.8) is 0 Å². The number of methoxy groups -OCH3 is 2. The molecule has 0 radical (unpaired) electrons. The summed E-state index contributed by atoms with van der Waals surface area (Å²) in [6.45, 7) is 0.875. The van der Waals surface area contributed by atoms with Crippen LogP contribution in [0.25, 0.3) is 0 Å². The highest BCUT2D eigenvalue weighted by Gasteiger charge is 2.10. The van der Waals surface area contributed by atoms with E-state index >= 15 is 0 Å². The first-order valence-electron chi connectivity index (χ1n) is 4.78. The van der Waals surface area contributed by atoms with E-state index in [0.717, 1.165) is 30.0 Å². The van der Waals surface area contributed by atoms with Crippen LogP contribution in [0.15, 0.2) is 12.1 Å². The zero-order valence-corrected chi connectivity index (χ0v) is 10.0. The molecule has 0 aliphatic carbocycles. The Bertz CT molecular complexity index is 329. The van der Waals surface area contributed by atoms with Gasteiger partial charge in [0.25, 0.3) is 0 Å². The van der Waals surface area contributed by atoms with Crippen LogP contribution in [-0.4, -0.2) is 27.8 Å². The van der Waals surface area contributed by atoms with Gasteiger partial charge in [-0.25, -0.2) is 0 Å². The lowest BCUT2D eigenvalue weighted by Gasteiger charge is -2.12. The molecule has 0 amide bonds. The minimum atomic E-state index is 0.586. The van der Waals surface area contributed by atoms with Crippen molar-refractivity contribution in [3.8, 4) is 11.5 Å². The molecule has 1 N–H and O–H groups in total. The van der Waals surface area contributed by atoms with Crippen molar-refractivity contribution in [2.24, 2.45) is 0 Å². The van der Waals surface area contributed by atoms with Crippen LogP contribution < -0.4 is 14.8 Å². The molecular formula is C11H16ClNO2. The largest absolute Gasteiger partial charge is 0.497 e. The summed E-state index contributed by atoms with van der Waals surface area (Å²) in [5.74, 6) is 1.49. The van der Waals surface area contributed by atoms with Crippen molar-refractivity contribution in [1.29, 1.82) is 0 Å². The second-order valence-electron chi connectivity index (χ2n) is 3.16. The van der Waals surface area contributed by atoms with E-state index in [4.69, 9.17) is 21.1 Å². The molecule has 0 fully saturated rings. The molecule has 0 spiro atoms. The fourth-order valence-corrected chi connectivity index (χ4v) is 1.72. The quantitative estimate of drug-likeness (QED) is 0.839. The first kappa shape index (κ1) is 12.1. The number of hydrogen-bond donors (Lipinski definition) is 1. The van der Waals surface area contributed by atoms with Crippen molar-refractivity contribution < 1.29 is 9.47 Å². The average molecular weight is 230 g/mol. The van der Waals surface area contributed by atoms with Crippen LogP contribution in [0.4, 0.5) is 0 Å². The Labute approximate surface area is 95.3 Å². The average Bonchev–Trinajstić information content (AvgIpc) is 2.25. The lowest BCUT2D eigenvalue weighted by atomic mass is 10.1. The fraction of sp³-hybridized carbons (Fsp3) is 0.455. The van der Waals surface area contributed by atoms with Gasteiger partial charge in [0.15, 0.2) is 0 Å². The van der Waals surface area contributed by atoms with Crippen LogP contribution in [0, 0.1) is 0 Å². The number of nitrogens with one attached hydrogen (secondary N) is 1. The molecule has 15 heavy (non-hydrogen) atoms. The van der Waals surface area contributed by atoms with Gasteiger partial charge in [-0.15, -0.1) is 0 Å². The minimum Gasteiger partial charge on any atom is -0.497 e. The second-order valence-corrected chi connectivity index (χ2v) is 3.56. The molecule has 1 aromatic rings. The Morgan fingerprint density at radius 3 is 2.53 bits per heavy atom. The zero-order chi connectivity index (χ0) is 11.3. The molecule has 1 rings (SSSR count). The van der Waals surface area contributed by atoms with Gasteiger partial charge in [-0.2, -0.15) is 0 Å². The maximum atomic E-state index is 6.07. The van der Waals surface area contributed by atoms with Crippen molar-refractivity contribution >= 4 is 11.6 Å². The molecule has 0 saturated carbocycles. The monoisotopic (exact) mass is 229 g/mol. The molecule has 0 unspecified atom stereocenters. The Hall–Kier alpha value is -0.930. The standard InChI is InChI=1S/C11H16ClNO2/c1-13-5-4-8-6-9(14-2)7-10(12)11(8)15-3/h6-7,13H,4-5H2,1-3H3. The number of hydrogen-bond acceptors (Lipinski definition) is 3. The van der Waals surface area contributed by atoms with Crippen molar-refractivity contribution in [2.75, 3.05) is 27.8 Å². The third-order valence-corrected chi connectivity index (χ3v) is 2.46. The molecular weight excluding hydrogens is 214 g/mol. The fourth-order valence-electron chi connectivity index (χ4n) is 1.41. The summed E-state index contributed by atoms with van der Waals surface area (Å²) in [6.07, 6.45) is 0.858. The normalized spacial score (nSPS) is 10.1. The molecule has 0 atom stereocenters. The van der Waals surface area contributed by atoms with Crippen molar-refractivity contribution in [2.45, 2.75) is 6.42 Å². The van der Waals surface area contributed by atoms with Gasteiger partial charge >= 0.3 is 0 Å². The summed E-state index contributed by atoms with van der Waals surface area (Å²) < 4.78 is 10.4. The second kappa shape index (κ2) is 5.83. The number of ether oxygens (including phenoxy) is 2. The molecule has 0 heterocycles. The van der Waals surface area contributed by atoms with Crippen LogP contribution in [0.3, 0.4) is 0 Å². The lowest BCUT2D eigenvalue weighted by molar-refractivity contribution is 0.398. The molecule has 3 nitrogen and oxygen atoms in total. The molecule has 1 aromatic carbocycles. The van der Waals surface area contributed by atoms with Crippen LogP contribution >= 0.6 is 11.6 Å². The summed E-state index contributed by atoms with van der Waals surface area (Å²) in [7, 11) is 5.16. The van der Waals surface area contributed by atoms with E-state index < -0.39 is 0 Å². The Morgan fingerprint density at radius 2 is 2.00 bits per heavy atom. The molecule has 0 bridgehead atoms. The highest BCUT2D eigenvalue weighted by molar-refractivity contribution is 6.32. The maximum absolute atomic E-state index is 6.07. The van der Waals surface area contributed by atoms with Crippen LogP contribution in [0.5, 0.6) is 11.5 Å². The van der Waals surface area contributed by atoms with E-state index in [-0.39, 0.29) is 0 Å². The van der Waals surface area contributed by atoms with Gasteiger partial charge in [0.05, 0.1) is 19.2 Å². The summed E-state index contributed by atoms with van der Waals surface area (Å²) in [5.41, 5.74) is 1.05. The third kappa shape index (κ3) is 3.01. The van der Waals surface area contributed by atoms with Crippen molar-refractivity contribution in [1.82, 2.24) is 5.32 Å².